The summed E-state index contributed by atoms with van der Waals surface area (Å²) < 4.78 is 74.3. The molecule has 46 heavy (non-hydrogen) atoms. The van der Waals surface area contributed by atoms with Gasteiger partial charge in [-0.1, -0.05) is 36.0 Å². The summed E-state index contributed by atoms with van der Waals surface area (Å²) in [6.07, 6.45) is -3.03. The Morgan fingerprint density at radius 1 is 0.957 bits per heavy atom. The fourth-order valence-electron chi connectivity index (χ4n) is 4.84. The van der Waals surface area contributed by atoms with Gasteiger partial charge in [-0.15, -0.1) is 10.2 Å². The molecule has 1 aliphatic heterocycles. The third kappa shape index (κ3) is 7.35. The number of amides is 2. The minimum atomic E-state index is -4.65. The van der Waals surface area contributed by atoms with Crippen molar-refractivity contribution in [2.45, 2.75) is 35.6 Å². The number of nitrogens with one attached hydrogen (secondary N) is 2. The molecule has 242 valence electrons. The second kappa shape index (κ2) is 13.9. The third-order valence-electron chi connectivity index (χ3n) is 7.09. The Morgan fingerprint density at radius 3 is 2.33 bits per heavy atom. The lowest BCUT2D eigenvalue weighted by atomic mass is 10.1. The van der Waals surface area contributed by atoms with Gasteiger partial charge in [-0.3, -0.25) is 14.2 Å². The van der Waals surface area contributed by atoms with Gasteiger partial charge in [0.2, 0.25) is 15.9 Å². The van der Waals surface area contributed by atoms with Crippen LogP contribution in [0.25, 0.3) is 5.69 Å². The molecule has 0 saturated carbocycles. The zero-order valence-corrected chi connectivity index (χ0v) is 26.1. The maximum atomic E-state index is 13.4. The second-order valence-electron chi connectivity index (χ2n) is 10.1. The van der Waals surface area contributed by atoms with Crippen LogP contribution in [0.4, 0.5) is 18.9 Å². The topological polar surface area (TPSA) is 136 Å². The van der Waals surface area contributed by atoms with Crippen molar-refractivity contribution < 1.29 is 35.9 Å². The van der Waals surface area contributed by atoms with Gasteiger partial charge in [-0.25, -0.2) is 8.42 Å². The maximum absolute atomic E-state index is 13.4. The van der Waals surface area contributed by atoms with Crippen LogP contribution in [0.3, 0.4) is 0 Å². The number of hydrogen-bond donors (Lipinski definition) is 2. The number of thioether (sulfide) groups is 1. The third-order valence-corrected chi connectivity index (χ3v) is 9.93. The van der Waals surface area contributed by atoms with E-state index < -0.39 is 33.6 Å². The van der Waals surface area contributed by atoms with E-state index in [4.69, 9.17) is 4.74 Å². The lowest BCUT2D eigenvalue weighted by Gasteiger charge is -2.16. The molecular weight excluding hydrogens is 645 g/mol. The molecular formula is C30H29F3N6O5S2. The molecule has 5 rings (SSSR count). The molecule has 4 aromatic rings. The molecule has 0 unspecified atom stereocenters. The number of halogens is 3. The monoisotopic (exact) mass is 674 g/mol. The van der Waals surface area contributed by atoms with Crippen LogP contribution in [0.15, 0.2) is 82.8 Å². The summed E-state index contributed by atoms with van der Waals surface area (Å²) in [4.78, 5) is 25.8. The minimum Gasteiger partial charge on any atom is -0.495 e. The van der Waals surface area contributed by atoms with Gasteiger partial charge in [0.15, 0.2) is 11.0 Å². The van der Waals surface area contributed by atoms with Crippen molar-refractivity contribution in [1.82, 2.24) is 24.4 Å². The second-order valence-corrected chi connectivity index (χ2v) is 13.0. The van der Waals surface area contributed by atoms with Crippen LogP contribution in [0.1, 0.15) is 34.6 Å². The van der Waals surface area contributed by atoms with Gasteiger partial charge in [-0.05, 0) is 61.4 Å². The Hall–Kier alpha value is -4.41. The van der Waals surface area contributed by atoms with Crippen molar-refractivity contribution in [3.8, 4) is 11.4 Å². The Morgan fingerprint density at radius 2 is 1.63 bits per heavy atom. The number of nitrogens with zero attached hydrogens (tertiary/aromatic N) is 4. The number of carbonyl (C=O) groups excluding carboxylic acids is 2. The lowest BCUT2D eigenvalue weighted by Crippen LogP contribution is -2.28. The molecule has 0 spiro atoms. The molecule has 16 heteroatoms. The summed E-state index contributed by atoms with van der Waals surface area (Å²) in [5, 5.41) is 13.6. The molecule has 2 heterocycles. The lowest BCUT2D eigenvalue weighted by molar-refractivity contribution is -0.137. The molecule has 0 bridgehead atoms. The number of sulfonamides is 1. The average molecular weight is 675 g/mol. The van der Waals surface area contributed by atoms with Crippen molar-refractivity contribution in [2.24, 2.45) is 0 Å². The Labute approximate surface area is 267 Å². The average Bonchev–Trinajstić information content (AvgIpc) is 3.74. The van der Waals surface area contributed by atoms with Crippen molar-refractivity contribution in [3.63, 3.8) is 0 Å². The first-order valence-corrected chi connectivity index (χ1v) is 16.5. The predicted molar refractivity (Wildman–Crippen MR) is 164 cm³/mol. The number of carbonyl (C=O) groups is 2. The van der Waals surface area contributed by atoms with Crippen LogP contribution >= 0.6 is 11.8 Å². The summed E-state index contributed by atoms with van der Waals surface area (Å²) in [6, 6.07) is 17.2. The van der Waals surface area contributed by atoms with E-state index in [-0.39, 0.29) is 39.4 Å². The summed E-state index contributed by atoms with van der Waals surface area (Å²) in [5.74, 6) is -0.761. The highest BCUT2D eigenvalue weighted by atomic mass is 32.2. The molecule has 1 aromatic heterocycles. The first kappa shape index (κ1) is 33.0. The van der Waals surface area contributed by atoms with Crippen molar-refractivity contribution in [1.29, 1.82) is 0 Å². The molecule has 3 aromatic carbocycles. The zero-order chi connectivity index (χ0) is 32.9. The Balaban J connectivity index is 1.32. The van der Waals surface area contributed by atoms with Gasteiger partial charge >= 0.3 is 6.18 Å². The summed E-state index contributed by atoms with van der Waals surface area (Å²) in [5.41, 5.74) is -0.599. The van der Waals surface area contributed by atoms with Crippen LogP contribution < -0.4 is 15.4 Å². The molecule has 0 atom stereocenters. The van der Waals surface area contributed by atoms with E-state index in [0.29, 0.717) is 24.5 Å². The van der Waals surface area contributed by atoms with Gasteiger partial charge in [0.05, 0.1) is 41.2 Å². The Kier molecular flexibility index (Phi) is 9.98. The van der Waals surface area contributed by atoms with E-state index in [0.717, 1.165) is 30.7 Å². The normalized spacial score (nSPS) is 13.8. The van der Waals surface area contributed by atoms with Crippen molar-refractivity contribution in [3.05, 3.63) is 89.7 Å². The minimum absolute atomic E-state index is 0.106. The van der Waals surface area contributed by atoms with Crippen molar-refractivity contribution in [2.75, 3.05) is 31.3 Å². The van der Waals surface area contributed by atoms with E-state index >= 15 is 0 Å². The van der Waals surface area contributed by atoms with Gasteiger partial charge < -0.3 is 15.4 Å². The largest absolute Gasteiger partial charge is 0.495 e. The van der Waals surface area contributed by atoms with E-state index in [2.05, 4.69) is 20.8 Å². The van der Waals surface area contributed by atoms with Gasteiger partial charge in [0, 0.05) is 18.7 Å². The first-order chi connectivity index (χ1) is 22.0. The molecule has 2 N–H and O–H groups in total. The van der Waals surface area contributed by atoms with Crippen LogP contribution in [-0.4, -0.2) is 65.3 Å². The van der Waals surface area contributed by atoms with Crippen molar-refractivity contribution >= 4 is 39.3 Å². The number of ether oxygens (including phenoxy) is 1. The highest BCUT2D eigenvalue weighted by Crippen LogP contribution is 2.35. The van der Waals surface area contributed by atoms with Gasteiger partial charge in [0.25, 0.3) is 5.91 Å². The fraction of sp³-hybridized carbons (Fsp3) is 0.267. The predicted octanol–water partition coefficient (Wildman–Crippen LogP) is 4.74. The number of aromatic nitrogens is 3. The number of alkyl halides is 3. The Bertz CT molecular complexity index is 1830. The van der Waals surface area contributed by atoms with Crippen LogP contribution in [0.5, 0.6) is 5.75 Å². The quantitative estimate of drug-likeness (QED) is 0.218. The van der Waals surface area contributed by atoms with Gasteiger partial charge in [0.1, 0.15) is 5.75 Å². The molecule has 1 fully saturated rings. The molecule has 0 radical (unpaired) electrons. The highest BCUT2D eigenvalue weighted by molar-refractivity contribution is 7.99. The smallest absolute Gasteiger partial charge is 0.418 e. The molecule has 0 aliphatic carbocycles. The van der Waals surface area contributed by atoms with E-state index in [1.807, 2.05) is 0 Å². The van der Waals surface area contributed by atoms with Crippen LogP contribution in [0.2, 0.25) is 0 Å². The summed E-state index contributed by atoms with van der Waals surface area (Å²) in [7, 11) is -2.16. The number of rotatable bonds is 11. The molecule has 1 aliphatic rings. The SMILES string of the molecule is COc1ccccc1-n1c(CNC(=O)c2ccc(S(=O)(=O)N3CCCC3)cc2)nnc1SCC(=O)Nc1ccccc1C(F)(F)F. The molecule has 2 amide bonds. The number of hydrogen-bond acceptors (Lipinski definition) is 8. The highest BCUT2D eigenvalue weighted by Gasteiger charge is 2.33. The number of methoxy groups -OCH3 is 1. The molecule has 1 saturated heterocycles. The summed E-state index contributed by atoms with van der Waals surface area (Å²) in [6.45, 7) is 0.826. The first-order valence-electron chi connectivity index (χ1n) is 14.0. The standard InChI is InChI=1S/C30H29F3N6O5S2/c1-44-25-11-5-4-10-24(25)39-26(18-34-28(41)20-12-14-21(15-13-20)46(42,43)38-16-6-7-17-38)36-37-29(39)45-19-27(40)35-23-9-3-2-8-22(23)30(31,32)33/h2-5,8-15H,6-7,16-19H2,1H3,(H,34,41)(H,35,40). The van der Waals surface area contributed by atoms with Crippen LogP contribution in [-0.2, 0) is 27.5 Å². The number of anilines is 1. The van der Waals surface area contributed by atoms with E-state index in [1.165, 1.54) is 53.9 Å². The van der Waals surface area contributed by atoms with E-state index in [9.17, 15) is 31.2 Å². The number of para-hydroxylation sites is 3. The van der Waals surface area contributed by atoms with Crippen LogP contribution in [0, 0.1) is 0 Å². The zero-order valence-electron chi connectivity index (χ0n) is 24.5. The number of benzene rings is 3. The van der Waals surface area contributed by atoms with Gasteiger partial charge in [-0.2, -0.15) is 17.5 Å². The molecule has 11 nitrogen and oxygen atoms in total. The summed E-state index contributed by atoms with van der Waals surface area (Å²) >= 11 is 0.934. The fourth-order valence-corrected chi connectivity index (χ4v) is 7.12. The maximum Gasteiger partial charge on any atom is 0.418 e. The van der Waals surface area contributed by atoms with E-state index in [1.54, 1.807) is 28.8 Å².